The molecule has 5 rings (SSSR count). The Hall–Kier alpha value is -4.68. The molecule has 3 heterocycles. The van der Waals surface area contributed by atoms with Gasteiger partial charge < -0.3 is 18.6 Å². The van der Waals surface area contributed by atoms with Gasteiger partial charge in [-0.2, -0.15) is 0 Å². The Morgan fingerprint density at radius 3 is 2.60 bits per heavy atom. The van der Waals surface area contributed by atoms with Crippen LogP contribution in [0.1, 0.15) is 31.2 Å². The van der Waals surface area contributed by atoms with Crippen molar-refractivity contribution in [2.45, 2.75) is 19.9 Å². The number of hydrogen-bond acceptors (Lipinski definition) is 10. The minimum Gasteiger partial charge on any atom is -0.493 e. The van der Waals surface area contributed by atoms with Crippen molar-refractivity contribution in [3.63, 3.8) is 0 Å². The summed E-state index contributed by atoms with van der Waals surface area (Å²) in [6.07, 6.45) is 1.57. The van der Waals surface area contributed by atoms with Crippen LogP contribution in [-0.2, 0) is 9.53 Å². The predicted molar refractivity (Wildman–Crippen MR) is 156 cm³/mol. The summed E-state index contributed by atoms with van der Waals surface area (Å²) < 4.78 is 23.9. The van der Waals surface area contributed by atoms with Crippen LogP contribution in [0, 0.1) is 10.1 Å². The number of esters is 1. The molecule has 0 bridgehead atoms. The van der Waals surface area contributed by atoms with Crippen molar-refractivity contribution in [2.75, 3.05) is 20.8 Å². The maximum Gasteiger partial charge on any atom is 0.338 e. The average Bonchev–Trinajstić information content (AvgIpc) is 3.55. The number of halogens is 1. The molecule has 0 spiro atoms. The fourth-order valence-corrected chi connectivity index (χ4v) is 5.95. The number of aromatic nitrogens is 1. The minimum atomic E-state index is -0.840. The standard InChI is InChI=1S/C29H24ClN3O8S/c1-5-40-28(35)25-15(2)31-29-32(26(25)16-6-10-22(38-3)23(12-16)39-4)27(34)24(42-29)14-18-8-11-21(41-18)19-9-7-17(33(36)37)13-20(19)30/h6-14,26H,5H2,1-4H3/b24-14+/t26-/m0/s1. The first-order chi connectivity index (χ1) is 20.2. The Morgan fingerprint density at radius 1 is 1.17 bits per heavy atom. The van der Waals surface area contributed by atoms with E-state index in [1.165, 1.54) is 37.0 Å². The molecule has 0 N–H and O–H groups in total. The summed E-state index contributed by atoms with van der Waals surface area (Å²) in [5.74, 6) is 1.08. The van der Waals surface area contributed by atoms with Gasteiger partial charge in [-0.25, -0.2) is 9.79 Å². The lowest BCUT2D eigenvalue weighted by Gasteiger charge is -2.25. The molecule has 0 aliphatic carbocycles. The number of methoxy groups -OCH3 is 2. The maximum absolute atomic E-state index is 13.9. The van der Waals surface area contributed by atoms with Gasteiger partial charge >= 0.3 is 5.97 Å². The van der Waals surface area contributed by atoms with Gasteiger partial charge in [0.15, 0.2) is 16.3 Å². The van der Waals surface area contributed by atoms with Gasteiger partial charge in [-0.05, 0) is 49.7 Å². The molecule has 4 aromatic rings. The number of fused-ring (bicyclic) bond motifs is 1. The van der Waals surface area contributed by atoms with Crippen LogP contribution in [0.3, 0.4) is 0 Å². The summed E-state index contributed by atoms with van der Waals surface area (Å²) in [6.45, 7) is 3.55. The lowest BCUT2D eigenvalue weighted by molar-refractivity contribution is -0.384. The SMILES string of the molecule is CCOC(=O)C1=C(C)N=c2s/c(=C/c3ccc(-c4ccc([N+](=O)[O-])cc4Cl)o3)c(=O)n2[C@H]1c1ccc(OC)c(OC)c1. The van der Waals surface area contributed by atoms with Crippen molar-refractivity contribution in [3.8, 4) is 22.8 Å². The highest BCUT2D eigenvalue weighted by molar-refractivity contribution is 7.07. The minimum absolute atomic E-state index is 0.141. The second kappa shape index (κ2) is 11.7. The van der Waals surface area contributed by atoms with Crippen LogP contribution in [0.2, 0.25) is 5.02 Å². The molecule has 0 radical (unpaired) electrons. The van der Waals surface area contributed by atoms with E-state index in [1.54, 1.807) is 50.3 Å². The Morgan fingerprint density at radius 2 is 1.93 bits per heavy atom. The van der Waals surface area contributed by atoms with E-state index < -0.39 is 16.9 Å². The molecular formula is C29H24ClN3O8S. The lowest BCUT2D eigenvalue weighted by Crippen LogP contribution is -2.39. The molecule has 1 aliphatic heterocycles. The maximum atomic E-state index is 13.9. The summed E-state index contributed by atoms with van der Waals surface area (Å²) in [7, 11) is 3.02. The van der Waals surface area contributed by atoms with Crippen LogP contribution >= 0.6 is 22.9 Å². The zero-order valence-electron chi connectivity index (χ0n) is 22.9. The fourth-order valence-electron chi connectivity index (χ4n) is 4.65. The molecule has 13 heteroatoms. The summed E-state index contributed by atoms with van der Waals surface area (Å²) in [4.78, 5) is 42.5. The highest BCUT2D eigenvalue weighted by Crippen LogP contribution is 2.36. The van der Waals surface area contributed by atoms with Crippen molar-refractivity contribution in [1.29, 1.82) is 0 Å². The van der Waals surface area contributed by atoms with E-state index in [1.807, 2.05) is 0 Å². The summed E-state index contributed by atoms with van der Waals surface area (Å²) in [5.41, 5.74) is 1.19. The van der Waals surface area contributed by atoms with E-state index in [9.17, 15) is 19.7 Å². The lowest BCUT2D eigenvalue weighted by atomic mass is 9.95. The molecular weight excluding hydrogens is 586 g/mol. The largest absolute Gasteiger partial charge is 0.493 e. The zero-order valence-corrected chi connectivity index (χ0v) is 24.4. The smallest absolute Gasteiger partial charge is 0.338 e. The molecule has 0 saturated carbocycles. The third-order valence-corrected chi connectivity index (χ3v) is 7.87. The van der Waals surface area contributed by atoms with Crippen molar-refractivity contribution in [1.82, 2.24) is 4.57 Å². The molecule has 1 aliphatic rings. The van der Waals surface area contributed by atoms with Gasteiger partial charge in [-0.3, -0.25) is 19.5 Å². The number of nitrogens with zero attached hydrogens (tertiary/aromatic N) is 3. The number of thiazole rings is 1. The third kappa shape index (κ3) is 5.21. The Labute approximate surface area is 247 Å². The van der Waals surface area contributed by atoms with Crippen LogP contribution in [0.5, 0.6) is 11.5 Å². The average molecular weight is 610 g/mol. The Kier molecular flexibility index (Phi) is 8.01. The molecule has 2 aromatic heterocycles. The number of carbonyl (C=O) groups excluding carboxylic acids is 1. The number of nitro benzene ring substituents is 1. The highest BCUT2D eigenvalue weighted by atomic mass is 35.5. The topological polar surface area (TPSA) is 135 Å². The molecule has 1 atom stereocenters. The predicted octanol–water partition coefficient (Wildman–Crippen LogP) is 4.64. The first-order valence-corrected chi connectivity index (χ1v) is 13.8. The quantitative estimate of drug-likeness (QED) is 0.160. The first-order valence-electron chi connectivity index (χ1n) is 12.6. The third-order valence-electron chi connectivity index (χ3n) is 6.57. The first kappa shape index (κ1) is 28.8. The van der Waals surface area contributed by atoms with Crippen molar-refractivity contribution in [2.24, 2.45) is 4.99 Å². The molecule has 0 amide bonds. The van der Waals surface area contributed by atoms with Gasteiger partial charge in [0.2, 0.25) is 0 Å². The van der Waals surface area contributed by atoms with E-state index in [2.05, 4.69) is 4.99 Å². The van der Waals surface area contributed by atoms with Crippen LogP contribution in [0.25, 0.3) is 17.4 Å². The summed E-state index contributed by atoms with van der Waals surface area (Å²) in [5, 5.41) is 11.2. The number of nitro groups is 1. The fraction of sp³-hybridized carbons (Fsp3) is 0.207. The number of rotatable bonds is 8. The molecule has 0 unspecified atom stereocenters. The normalized spacial score (nSPS) is 14.8. The molecule has 0 fully saturated rings. The molecule has 42 heavy (non-hydrogen) atoms. The van der Waals surface area contributed by atoms with E-state index in [0.29, 0.717) is 49.2 Å². The van der Waals surface area contributed by atoms with E-state index in [0.717, 1.165) is 11.3 Å². The van der Waals surface area contributed by atoms with Crippen LogP contribution in [-0.4, -0.2) is 36.3 Å². The molecule has 11 nitrogen and oxygen atoms in total. The van der Waals surface area contributed by atoms with E-state index in [4.69, 9.17) is 30.2 Å². The van der Waals surface area contributed by atoms with Crippen LogP contribution in [0.15, 0.2) is 74.0 Å². The summed E-state index contributed by atoms with van der Waals surface area (Å²) >= 11 is 7.41. The highest BCUT2D eigenvalue weighted by Gasteiger charge is 2.34. The van der Waals surface area contributed by atoms with Gasteiger partial charge in [-0.15, -0.1) is 0 Å². The van der Waals surface area contributed by atoms with Crippen molar-refractivity contribution >= 4 is 40.7 Å². The summed E-state index contributed by atoms with van der Waals surface area (Å²) in [6, 6.07) is 11.7. The number of carbonyl (C=O) groups is 1. The van der Waals surface area contributed by atoms with E-state index >= 15 is 0 Å². The van der Waals surface area contributed by atoms with Gasteiger partial charge in [0, 0.05) is 23.8 Å². The Balaban J connectivity index is 1.63. The number of hydrogen-bond donors (Lipinski definition) is 0. The van der Waals surface area contributed by atoms with Gasteiger partial charge in [-0.1, -0.05) is 29.0 Å². The second-order valence-corrected chi connectivity index (χ2v) is 10.5. The number of ether oxygens (including phenoxy) is 3. The van der Waals surface area contributed by atoms with Crippen LogP contribution < -0.4 is 24.4 Å². The van der Waals surface area contributed by atoms with Gasteiger partial charge in [0.05, 0.1) is 52.6 Å². The van der Waals surface area contributed by atoms with Gasteiger partial charge in [0.1, 0.15) is 11.5 Å². The number of benzene rings is 2. The van der Waals surface area contributed by atoms with Crippen LogP contribution in [0.4, 0.5) is 5.69 Å². The molecule has 0 saturated heterocycles. The van der Waals surface area contributed by atoms with Crippen molar-refractivity contribution < 1.29 is 28.3 Å². The zero-order chi connectivity index (χ0) is 30.1. The van der Waals surface area contributed by atoms with E-state index in [-0.39, 0.29) is 28.4 Å². The molecule has 2 aromatic carbocycles. The number of allylic oxidation sites excluding steroid dienone is 1. The second-order valence-electron chi connectivity index (χ2n) is 9.04. The Bertz CT molecular complexity index is 1940. The van der Waals surface area contributed by atoms with Crippen molar-refractivity contribution in [3.05, 3.63) is 106 Å². The molecule has 216 valence electrons. The van der Waals surface area contributed by atoms with Gasteiger partial charge in [0.25, 0.3) is 11.2 Å². The monoisotopic (exact) mass is 609 g/mol. The number of furan rings is 1. The number of non-ortho nitro benzene ring substituents is 1.